The molecule has 0 saturated heterocycles. The van der Waals surface area contributed by atoms with E-state index in [1.54, 1.807) is 18.2 Å². The molecule has 150 valence electrons. The van der Waals surface area contributed by atoms with Crippen molar-refractivity contribution in [2.45, 2.75) is 13.1 Å². The highest BCUT2D eigenvalue weighted by Crippen LogP contribution is 2.39. The van der Waals surface area contributed by atoms with E-state index in [1.807, 2.05) is 0 Å². The molecule has 3 rings (SSSR count). The Balaban J connectivity index is 2.36. The number of amides is 1. The van der Waals surface area contributed by atoms with Gasteiger partial charge in [-0.2, -0.15) is 13.2 Å². The molecule has 0 bridgehead atoms. The lowest BCUT2D eigenvalue weighted by Crippen LogP contribution is -2.30. The van der Waals surface area contributed by atoms with Crippen LogP contribution < -0.4 is 15.6 Å². The number of benzene rings is 2. The summed E-state index contributed by atoms with van der Waals surface area (Å²) in [5.41, 5.74) is -2.54. The highest BCUT2D eigenvalue weighted by atomic mass is 19.4. The standard InChI is InChI=1S/C20H15F3N2O4/c1-11(26)29-17-15-13(20(21,22)23)9-6-10-14(15)25(2)19(28)16(17)18(27)24-12-7-4-3-5-8-12/h3-10H,1-2H3,(H,24,27). The van der Waals surface area contributed by atoms with E-state index in [4.69, 9.17) is 4.74 Å². The van der Waals surface area contributed by atoms with E-state index in [1.165, 1.54) is 25.2 Å². The van der Waals surface area contributed by atoms with E-state index < -0.39 is 45.9 Å². The molecular formula is C20H15F3N2O4. The van der Waals surface area contributed by atoms with Crippen LogP contribution in [0.2, 0.25) is 0 Å². The lowest BCUT2D eigenvalue weighted by molar-refractivity contribution is -0.137. The lowest BCUT2D eigenvalue weighted by Gasteiger charge is -2.18. The fourth-order valence-corrected chi connectivity index (χ4v) is 2.95. The van der Waals surface area contributed by atoms with Gasteiger partial charge in [0.15, 0.2) is 5.75 Å². The highest BCUT2D eigenvalue weighted by Gasteiger charge is 2.36. The van der Waals surface area contributed by atoms with Crippen molar-refractivity contribution in [3.8, 4) is 5.75 Å². The van der Waals surface area contributed by atoms with Crippen LogP contribution in [0.4, 0.5) is 18.9 Å². The van der Waals surface area contributed by atoms with Gasteiger partial charge in [0.25, 0.3) is 11.5 Å². The average Bonchev–Trinajstić information content (AvgIpc) is 2.65. The van der Waals surface area contributed by atoms with Gasteiger partial charge in [0, 0.05) is 19.7 Å². The Hall–Kier alpha value is -3.62. The first kappa shape index (κ1) is 20.1. The number of pyridine rings is 1. The molecule has 0 fully saturated rings. The zero-order chi connectivity index (χ0) is 21.3. The third kappa shape index (κ3) is 3.84. The second-order valence-corrected chi connectivity index (χ2v) is 6.18. The predicted octanol–water partition coefficient (Wildman–Crippen LogP) is 3.73. The Bertz CT molecular complexity index is 1170. The molecule has 1 N–H and O–H groups in total. The number of carbonyl (C=O) groups excluding carboxylic acids is 2. The molecule has 29 heavy (non-hydrogen) atoms. The number of nitrogens with zero attached hydrogens (tertiary/aromatic N) is 1. The molecular weight excluding hydrogens is 389 g/mol. The van der Waals surface area contributed by atoms with Gasteiger partial charge in [0.05, 0.1) is 16.5 Å². The fourth-order valence-electron chi connectivity index (χ4n) is 2.95. The summed E-state index contributed by atoms with van der Waals surface area (Å²) >= 11 is 0. The third-order valence-corrected chi connectivity index (χ3v) is 4.19. The Morgan fingerprint density at radius 2 is 1.69 bits per heavy atom. The number of para-hydroxylation sites is 1. The number of hydrogen-bond donors (Lipinski definition) is 1. The molecule has 0 aliphatic rings. The number of carbonyl (C=O) groups is 2. The van der Waals surface area contributed by atoms with Crippen molar-refractivity contribution < 1.29 is 27.5 Å². The maximum Gasteiger partial charge on any atom is 0.417 e. The number of aryl methyl sites for hydroxylation is 1. The van der Waals surface area contributed by atoms with Crippen molar-refractivity contribution >= 4 is 28.5 Å². The van der Waals surface area contributed by atoms with Crippen molar-refractivity contribution in [2.24, 2.45) is 7.05 Å². The quantitative estimate of drug-likeness (QED) is 0.675. The first-order chi connectivity index (χ1) is 13.6. The van der Waals surface area contributed by atoms with E-state index in [0.29, 0.717) is 5.69 Å². The van der Waals surface area contributed by atoms with Crippen molar-refractivity contribution in [3.63, 3.8) is 0 Å². The number of anilines is 1. The molecule has 3 aromatic rings. The molecule has 0 atom stereocenters. The zero-order valence-corrected chi connectivity index (χ0v) is 15.3. The minimum Gasteiger partial charge on any atom is -0.425 e. The molecule has 0 radical (unpaired) electrons. The van der Waals surface area contributed by atoms with E-state index in [2.05, 4.69) is 5.32 Å². The zero-order valence-electron chi connectivity index (χ0n) is 15.3. The number of fused-ring (bicyclic) bond motifs is 1. The molecule has 9 heteroatoms. The molecule has 0 saturated carbocycles. The Morgan fingerprint density at radius 3 is 2.28 bits per heavy atom. The summed E-state index contributed by atoms with van der Waals surface area (Å²) < 4.78 is 46.7. The van der Waals surface area contributed by atoms with Gasteiger partial charge in [-0.25, -0.2) is 0 Å². The van der Waals surface area contributed by atoms with Gasteiger partial charge in [-0.1, -0.05) is 24.3 Å². The van der Waals surface area contributed by atoms with Crippen LogP contribution in [0.25, 0.3) is 10.9 Å². The SMILES string of the molecule is CC(=O)Oc1c(C(=O)Nc2ccccc2)c(=O)n(C)c2cccc(C(F)(F)F)c12. The van der Waals surface area contributed by atoms with Crippen LogP contribution >= 0.6 is 0 Å². The van der Waals surface area contributed by atoms with Crippen LogP contribution in [-0.2, 0) is 18.0 Å². The van der Waals surface area contributed by atoms with Crippen molar-refractivity contribution in [3.05, 3.63) is 70.0 Å². The summed E-state index contributed by atoms with van der Waals surface area (Å²) in [5.74, 6) is -2.69. The van der Waals surface area contributed by atoms with Gasteiger partial charge in [-0.3, -0.25) is 14.4 Å². The molecule has 0 unspecified atom stereocenters. The Kier molecular flexibility index (Phi) is 5.15. The van der Waals surface area contributed by atoms with E-state index >= 15 is 0 Å². The maximum atomic E-state index is 13.6. The highest BCUT2D eigenvalue weighted by molar-refractivity contribution is 6.10. The summed E-state index contributed by atoms with van der Waals surface area (Å²) in [7, 11) is 1.24. The van der Waals surface area contributed by atoms with E-state index in [-0.39, 0.29) is 5.52 Å². The smallest absolute Gasteiger partial charge is 0.417 e. The number of alkyl halides is 3. The van der Waals surface area contributed by atoms with Gasteiger partial charge < -0.3 is 14.6 Å². The minimum atomic E-state index is -4.81. The van der Waals surface area contributed by atoms with Crippen LogP contribution in [0, 0.1) is 0 Å². The molecule has 1 aromatic heterocycles. The number of halogens is 3. The number of aromatic nitrogens is 1. The largest absolute Gasteiger partial charge is 0.425 e. The minimum absolute atomic E-state index is 0.127. The summed E-state index contributed by atoms with van der Waals surface area (Å²) in [6.07, 6.45) is -4.81. The molecule has 0 spiro atoms. The second kappa shape index (κ2) is 7.42. The van der Waals surface area contributed by atoms with E-state index in [9.17, 15) is 27.6 Å². The van der Waals surface area contributed by atoms with Gasteiger partial charge in [-0.05, 0) is 24.3 Å². The third-order valence-electron chi connectivity index (χ3n) is 4.19. The van der Waals surface area contributed by atoms with Crippen LogP contribution in [0.3, 0.4) is 0 Å². The lowest BCUT2D eigenvalue weighted by atomic mass is 10.0. The Labute approximate surface area is 162 Å². The molecule has 0 aliphatic carbocycles. The topological polar surface area (TPSA) is 77.4 Å². The monoisotopic (exact) mass is 404 g/mol. The number of hydrogen-bond acceptors (Lipinski definition) is 4. The summed E-state index contributed by atoms with van der Waals surface area (Å²) in [6.45, 7) is 0.971. The van der Waals surface area contributed by atoms with Gasteiger partial charge >= 0.3 is 12.1 Å². The van der Waals surface area contributed by atoms with Crippen molar-refractivity contribution in [1.29, 1.82) is 0 Å². The van der Waals surface area contributed by atoms with Crippen LogP contribution in [0.1, 0.15) is 22.8 Å². The first-order valence-electron chi connectivity index (χ1n) is 8.39. The number of esters is 1. The fraction of sp³-hybridized carbons (Fsp3) is 0.150. The predicted molar refractivity (Wildman–Crippen MR) is 99.9 cm³/mol. The van der Waals surface area contributed by atoms with Crippen LogP contribution in [-0.4, -0.2) is 16.4 Å². The second-order valence-electron chi connectivity index (χ2n) is 6.18. The number of ether oxygens (including phenoxy) is 1. The van der Waals surface area contributed by atoms with Gasteiger partial charge in [0.1, 0.15) is 5.56 Å². The molecule has 1 amide bonds. The number of nitrogens with one attached hydrogen (secondary N) is 1. The van der Waals surface area contributed by atoms with Crippen LogP contribution in [0.15, 0.2) is 53.3 Å². The van der Waals surface area contributed by atoms with Crippen molar-refractivity contribution in [2.75, 3.05) is 5.32 Å². The molecule has 6 nitrogen and oxygen atoms in total. The maximum absolute atomic E-state index is 13.6. The molecule has 1 heterocycles. The summed E-state index contributed by atoms with van der Waals surface area (Å²) in [4.78, 5) is 37.2. The van der Waals surface area contributed by atoms with Gasteiger partial charge in [-0.15, -0.1) is 0 Å². The Morgan fingerprint density at radius 1 is 1.03 bits per heavy atom. The normalized spacial score (nSPS) is 11.3. The van der Waals surface area contributed by atoms with Crippen LogP contribution in [0.5, 0.6) is 5.75 Å². The average molecular weight is 404 g/mol. The number of rotatable bonds is 3. The molecule has 2 aromatic carbocycles. The van der Waals surface area contributed by atoms with Crippen molar-refractivity contribution in [1.82, 2.24) is 4.57 Å². The van der Waals surface area contributed by atoms with Gasteiger partial charge in [0.2, 0.25) is 0 Å². The summed E-state index contributed by atoms with van der Waals surface area (Å²) in [5, 5.41) is 1.89. The van der Waals surface area contributed by atoms with E-state index in [0.717, 1.165) is 23.6 Å². The summed E-state index contributed by atoms with van der Waals surface area (Å²) in [6, 6.07) is 11.2. The first-order valence-corrected chi connectivity index (χ1v) is 8.39. The molecule has 0 aliphatic heterocycles.